The lowest BCUT2D eigenvalue weighted by atomic mass is 10.3. The molecular formula is C12H23O5P. The summed E-state index contributed by atoms with van der Waals surface area (Å²) in [5, 5.41) is 0. The molecule has 1 unspecified atom stereocenters. The number of esters is 1. The van der Waals surface area contributed by atoms with Gasteiger partial charge in [-0.25, -0.2) is 4.79 Å². The molecule has 0 N–H and O–H groups in total. The van der Waals surface area contributed by atoms with E-state index in [2.05, 4.69) is 0 Å². The van der Waals surface area contributed by atoms with E-state index in [-0.39, 0.29) is 12.7 Å². The van der Waals surface area contributed by atoms with Crippen molar-refractivity contribution < 1.29 is 23.1 Å². The smallest absolute Gasteiger partial charge is 0.331 e. The maximum absolute atomic E-state index is 12.0. The minimum absolute atomic E-state index is 0.0955. The summed E-state index contributed by atoms with van der Waals surface area (Å²) in [6.07, 6.45) is 1.49. The number of carbonyl (C=O) groups excluding carboxylic acids is 1. The quantitative estimate of drug-likeness (QED) is 0.388. The van der Waals surface area contributed by atoms with Crippen LogP contribution in [0.2, 0.25) is 0 Å². The highest BCUT2D eigenvalue weighted by molar-refractivity contribution is 7.53. The maximum atomic E-state index is 12.0. The predicted octanol–water partition coefficient (Wildman–Crippen LogP) is 3.15. The van der Waals surface area contributed by atoms with Crippen LogP contribution < -0.4 is 0 Å². The maximum Gasteiger partial charge on any atom is 0.331 e. The Morgan fingerprint density at radius 1 is 1.28 bits per heavy atom. The van der Waals surface area contributed by atoms with Crippen LogP contribution in [-0.2, 0) is 23.1 Å². The average molecular weight is 278 g/mol. The van der Waals surface area contributed by atoms with Gasteiger partial charge in [-0.05, 0) is 33.3 Å². The van der Waals surface area contributed by atoms with Crippen LogP contribution in [0.3, 0.4) is 0 Å². The lowest BCUT2D eigenvalue weighted by molar-refractivity contribution is -0.141. The normalized spacial score (nSPS) is 15.6. The molecule has 0 amide bonds. The zero-order chi connectivity index (χ0) is 14.2. The average Bonchev–Trinajstić information content (AvgIpc) is 2.25. The van der Waals surface area contributed by atoms with E-state index in [0.717, 1.165) is 0 Å². The highest BCUT2D eigenvalue weighted by Crippen LogP contribution is 2.47. The summed E-state index contributed by atoms with van der Waals surface area (Å²) in [6.45, 7) is 9.20. The van der Waals surface area contributed by atoms with Gasteiger partial charge in [0.1, 0.15) is 0 Å². The molecule has 0 radical (unpaired) electrons. The van der Waals surface area contributed by atoms with Crippen molar-refractivity contribution in [2.24, 2.45) is 0 Å². The molecule has 1 atom stereocenters. The highest BCUT2D eigenvalue weighted by atomic mass is 31.2. The second-order valence-electron chi connectivity index (χ2n) is 4.09. The van der Waals surface area contributed by atoms with Gasteiger partial charge in [0.15, 0.2) is 0 Å². The van der Waals surface area contributed by atoms with Gasteiger partial charge in [0.2, 0.25) is 0 Å². The second-order valence-corrected chi connectivity index (χ2v) is 6.47. The summed E-state index contributed by atoms with van der Waals surface area (Å²) >= 11 is 0. The third kappa shape index (κ3) is 7.64. The van der Waals surface area contributed by atoms with Crippen molar-refractivity contribution in [3.8, 4) is 0 Å². The SMILES string of the molecule is CCOP(=O)(CC)OCC(C)=CC(=O)OC(C)C. The molecule has 0 saturated heterocycles. The van der Waals surface area contributed by atoms with Gasteiger partial charge in [-0.1, -0.05) is 6.92 Å². The summed E-state index contributed by atoms with van der Waals surface area (Å²) in [6, 6.07) is 0. The topological polar surface area (TPSA) is 61.8 Å². The van der Waals surface area contributed by atoms with E-state index in [1.807, 2.05) is 0 Å². The molecule has 0 aromatic rings. The van der Waals surface area contributed by atoms with Gasteiger partial charge in [0.05, 0.1) is 19.3 Å². The predicted molar refractivity (Wildman–Crippen MR) is 70.7 cm³/mol. The lowest BCUT2D eigenvalue weighted by Crippen LogP contribution is -2.10. The summed E-state index contributed by atoms with van der Waals surface area (Å²) in [5.74, 6) is -0.422. The molecule has 0 aliphatic carbocycles. The van der Waals surface area contributed by atoms with E-state index < -0.39 is 13.6 Å². The number of ether oxygens (including phenoxy) is 1. The van der Waals surface area contributed by atoms with Gasteiger partial charge in [-0.15, -0.1) is 0 Å². The van der Waals surface area contributed by atoms with E-state index in [9.17, 15) is 9.36 Å². The Hall–Kier alpha value is -0.640. The minimum Gasteiger partial charge on any atom is -0.460 e. The molecular weight excluding hydrogens is 255 g/mol. The third-order valence-corrected chi connectivity index (χ3v) is 3.87. The molecule has 0 rings (SSSR count). The molecule has 0 aliphatic rings. The van der Waals surface area contributed by atoms with Crippen LogP contribution in [0.1, 0.15) is 34.6 Å². The van der Waals surface area contributed by atoms with Crippen LogP contribution in [0.4, 0.5) is 0 Å². The fourth-order valence-corrected chi connectivity index (χ4v) is 2.36. The van der Waals surface area contributed by atoms with Crippen LogP contribution in [0.25, 0.3) is 0 Å². The van der Waals surface area contributed by atoms with E-state index in [1.54, 1.807) is 34.6 Å². The Labute approximate surface area is 109 Å². The van der Waals surface area contributed by atoms with Crippen LogP contribution in [0, 0.1) is 0 Å². The summed E-state index contributed by atoms with van der Waals surface area (Å²) in [5.41, 5.74) is 0.647. The number of hydrogen-bond donors (Lipinski definition) is 0. The fourth-order valence-electron chi connectivity index (χ4n) is 1.13. The van der Waals surface area contributed by atoms with Gasteiger partial charge in [-0.2, -0.15) is 0 Å². The van der Waals surface area contributed by atoms with Gasteiger partial charge < -0.3 is 13.8 Å². The first kappa shape index (κ1) is 17.4. The molecule has 0 spiro atoms. The van der Waals surface area contributed by atoms with Crippen molar-refractivity contribution in [3.05, 3.63) is 11.6 Å². The van der Waals surface area contributed by atoms with Gasteiger partial charge in [0.25, 0.3) is 0 Å². The minimum atomic E-state index is -3.02. The Bertz CT molecular complexity index is 335. The van der Waals surface area contributed by atoms with Crippen molar-refractivity contribution in [1.29, 1.82) is 0 Å². The van der Waals surface area contributed by atoms with Gasteiger partial charge >= 0.3 is 13.6 Å². The Balaban J connectivity index is 4.31. The fraction of sp³-hybridized carbons (Fsp3) is 0.750. The summed E-state index contributed by atoms with van der Waals surface area (Å²) in [7, 11) is -3.02. The van der Waals surface area contributed by atoms with Gasteiger partial charge in [-0.3, -0.25) is 4.57 Å². The molecule has 5 nitrogen and oxygen atoms in total. The zero-order valence-electron chi connectivity index (χ0n) is 11.8. The molecule has 106 valence electrons. The Morgan fingerprint density at radius 2 is 1.89 bits per heavy atom. The molecule has 0 aromatic carbocycles. The first-order valence-electron chi connectivity index (χ1n) is 6.09. The Kier molecular flexibility index (Phi) is 8.16. The standard InChI is InChI=1S/C12H23O5P/c1-6-15-18(14,7-2)16-9-11(5)8-12(13)17-10(3)4/h8,10H,6-7,9H2,1-5H3. The summed E-state index contributed by atoms with van der Waals surface area (Å²) in [4.78, 5) is 11.3. The van der Waals surface area contributed by atoms with E-state index >= 15 is 0 Å². The van der Waals surface area contributed by atoms with Crippen molar-refractivity contribution in [3.63, 3.8) is 0 Å². The molecule has 0 bridgehead atoms. The summed E-state index contributed by atoms with van der Waals surface area (Å²) < 4.78 is 27.3. The first-order chi connectivity index (χ1) is 8.33. The molecule has 0 heterocycles. The molecule has 0 aliphatic heterocycles. The van der Waals surface area contributed by atoms with E-state index in [0.29, 0.717) is 18.3 Å². The van der Waals surface area contributed by atoms with Crippen molar-refractivity contribution in [2.75, 3.05) is 19.4 Å². The molecule has 18 heavy (non-hydrogen) atoms. The molecule has 6 heteroatoms. The second kappa shape index (κ2) is 8.46. The molecule has 0 aromatic heterocycles. The van der Waals surface area contributed by atoms with Crippen LogP contribution in [0.5, 0.6) is 0 Å². The van der Waals surface area contributed by atoms with E-state index in [1.165, 1.54) is 6.08 Å². The van der Waals surface area contributed by atoms with Crippen molar-refractivity contribution in [1.82, 2.24) is 0 Å². The van der Waals surface area contributed by atoms with Crippen LogP contribution in [-0.4, -0.2) is 31.4 Å². The molecule has 0 saturated carbocycles. The molecule has 0 fully saturated rings. The number of hydrogen-bond acceptors (Lipinski definition) is 5. The third-order valence-electron chi connectivity index (χ3n) is 1.92. The van der Waals surface area contributed by atoms with Crippen LogP contribution in [0.15, 0.2) is 11.6 Å². The lowest BCUT2D eigenvalue weighted by Gasteiger charge is -2.16. The zero-order valence-corrected chi connectivity index (χ0v) is 12.7. The van der Waals surface area contributed by atoms with Crippen molar-refractivity contribution in [2.45, 2.75) is 40.7 Å². The number of rotatable bonds is 8. The monoisotopic (exact) mass is 278 g/mol. The van der Waals surface area contributed by atoms with Crippen LogP contribution >= 0.6 is 7.60 Å². The van der Waals surface area contributed by atoms with Gasteiger partial charge in [0, 0.05) is 12.2 Å². The highest BCUT2D eigenvalue weighted by Gasteiger charge is 2.21. The van der Waals surface area contributed by atoms with Crippen molar-refractivity contribution >= 4 is 13.6 Å². The van der Waals surface area contributed by atoms with E-state index in [4.69, 9.17) is 13.8 Å². The first-order valence-corrected chi connectivity index (χ1v) is 7.81. The Morgan fingerprint density at radius 3 is 2.33 bits per heavy atom. The number of carbonyl (C=O) groups is 1. The largest absolute Gasteiger partial charge is 0.460 e.